The van der Waals surface area contributed by atoms with Crippen LogP contribution in [0.25, 0.3) is 0 Å². The van der Waals surface area contributed by atoms with Crippen molar-refractivity contribution < 1.29 is 5.11 Å². The van der Waals surface area contributed by atoms with E-state index >= 15 is 0 Å². The zero-order valence-corrected chi connectivity index (χ0v) is 10.1. The molecule has 0 atom stereocenters. The largest absolute Gasteiger partial charge is 0.390 e. The molecule has 3 aliphatic rings. The van der Waals surface area contributed by atoms with Crippen molar-refractivity contribution in [2.45, 2.75) is 49.5 Å². The Balaban J connectivity index is 1.99. The van der Waals surface area contributed by atoms with Crippen LogP contribution >= 0.6 is 11.6 Å². The SMILES string of the molecule is OC12CCC(c3ccccc3Cl)(CC1)CC2. The van der Waals surface area contributed by atoms with Gasteiger partial charge in [-0.2, -0.15) is 0 Å². The smallest absolute Gasteiger partial charge is 0.0648 e. The first-order valence-corrected chi connectivity index (χ1v) is 6.49. The molecule has 0 spiro atoms. The fourth-order valence-electron chi connectivity index (χ4n) is 3.46. The second-order valence-corrected chi connectivity index (χ2v) is 5.89. The Kier molecular flexibility index (Phi) is 2.31. The molecule has 4 rings (SSSR count). The second-order valence-electron chi connectivity index (χ2n) is 5.48. The predicted molar refractivity (Wildman–Crippen MR) is 65.8 cm³/mol. The maximum Gasteiger partial charge on any atom is 0.0648 e. The molecule has 1 nitrogen and oxygen atoms in total. The van der Waals surface area contributed by atoms with Crippen LogP contribution in [0.15, 0.2) is 24.3 Å². The number of hydrogen-bond acceptors (Lipinski definition) is 1. The lowest BCUT2D eigenvalue weighted by Gasteiger charge is -2.51. The van der Waals surface area contributed by atoms with Crippen LogP contribution in [-0.2, 0) is 5.41 Å². The molecule has 16 heavy (non-hydrogen) atoms. The molecule has 0 amide bonds. The van der Waals surface area contributed by atoms with Gasteiger partial charge in [0.2, 0.25) is 0 Å². The molecule has 1 aromatic rings. The summed E-state index contributed by atoms with van der Waals surface area (Å²) in [6.45, 7) is 0. The van der Waals surface area contributed by atoms with Crippen molar-refractivity contribution >= 4 is 11.6 Å². The highest BCUT2D eigenvalue weighted by Gasteiger charge is 2.48. The molecule has 2 bridgehead atoms. The minimum absolute atomic E-state index is 0.253. The zero-order chi connectivity index (χ0) is 11.2. The topological polar surface area (TPSA) is 20.2 Å². The molecule has 3 fully saturated rings. The quantitative estimate of drug-likeness (QED) is 0.789. The standard InChI is InChI=1S/C14H17ClO/c15-12-4-2-1-3-11(12)13-5-8-14(16,9-6-13)10-7-13/h1-4,16H,5-10H2. The number of benzene rings is 1. The number of hydrogen-bond donors (Lipinski definition) is 1. The molecule has 0 heterocycles. The van der Waals surface area contributed by atoms with Gasteiger partial charge in [-0.15, -0.1) is 0 Å². The minimum Gasteiger partial charge on any atom is -0.390 e. The molecule has 2 heteroatoms. The van der Waals surface area contributed by atoms with E-state index in [-0.39, 0.29) is 11.0 Å². The Labute approximate surface area is 101 Å². The van der Waals surface area contributed by atoms with Crippen LogP contribution in [-0.4, -0.2) is 10.7 Å². The second kappa shape index (κ2) is 3.48. The normalized spacial score (nSPS) is 37.6. The summed E-state index contributed by atoms with van der Waals surface area (Å²) in [6, 6.07) is 8.22. The Morgan fingerprint density at radius 3 is 2.06 bits per heavy atom. The molecule has 1 N–H and O–H groups in total. The monoisotopic (exact) mass is 236 g/mol. The van der Waals surface area contributed by atoms with E-state index in [1.165, 1.54) is 5.56 Å². The van der Waals surface area contributed by atoms with E-state index in [4.69, 9.17) is 11.6 Å². The molecule has 1 aromatic carbocycles. The van der Waals surface area contributed by atoms with Crippen LogP contribution in [0, 0.1) is 0 Å². The Morgan fingerprint density at radius 2 is 1.50 bits per heavy atom. The molecule has 0 unspecified atom stereocenters. The number of rotatable bonds is 1. The van der Waals surface area contributed by atoms with E-state index in [1.54, 1.807) is 0 Å². The lowest BCUT2D eigenvalue weighted by atomic mass is 9.56. The summed E-state index contributed by atoms with van der Waals surface area (Å²) >= 11 is 6.32. The molecule has 0 aliphatic heterocycles. The summed E-state index contributed by atoms with van der Waals surface area (Å²) in [6.07, 6.45) is 6.10. The van der Waals surface area contributed by atoms with Gasteiger partial charge in [-0.1, -0.05) is 29.8 Å². The highest BCUT2D eigenvalue weighted by molar-refractivity contribution is 6.31. The molecule has 0 saturated heterocycles. The van der Waals surface area contributed by atoms with Crippen molar-refractivity contribution in [3.63, 3.8) is 0 Å². The summed E-state index contributed by atoms with van der Waals surface area (Å²) in [4.78, 5) is 0. The predicted octanol–water partition coefficient (Wildman–Crippen LogP) is 3.68. The molecule has 0 radical (unpaired) electrons. The van der Waals surface area contributed by atoms with Gasteiger partial charge >= 0.3 is 0 Å². The van der Waals surface area contributed by atoms with Crippen LogP contribution in [0.5, 0.6) is 0 Å². The number of aliphatic hydroxyl groups is 1. The van der Waals surface area contributed by atoms with Crippen LogP contribution in [0.2, 0.25) is 5.02 Å². The minimum atomic E-state index is -0.358. The Hall–Kier alpha value is -0.530. The van der Waals surface area contributed by atoms with E-state index in [9.17, 15) is 5.11 Å². The first-order valence-electron chi connectivity index (χ1n) is 6.11. The Bertz CT molecular complexity index is 388. The average Bonchev–Trinajstić information content (AvgIpc) is 2.31. The van der Waals surface area contributed by atoms with Gasteiger partial charge in [0, 0.05) is 5.02 Å². The van der Waals surface area contributed by atoms with Gasteiger partial charge in [0.1, 0.15) is 0 Å². The van der Waals surface area contributed by atoms with Crippen LogP contribution in [0.1, 0.15) is 44.1 Å². The van der Waals surface area contributed by atoms with E-state index in [0.29, 0.717) is 0 Å². The lowest BCUT2D eigenvalue weighted by Crippen LogP contribution is -2.48. The fraction of sp³-hybridized carbons (Fsp3) is 0.571. The fourth-order valence-corrected chi connectivity index (χ4v) is 3.80. The summed E-state index contributed by atoms with van der Waals surface area (Å²) in [7, 11) is 0. The third kappa shape index (κ3) is 1.49. The molecule has 3 aliphatic carbocycles. The summed E-state index contributed by atoms with van der Waals surface area (Å²) < 4.78 is 0. The third-order valence-corrected chi connectivity index (χ3v) is 4.98. The van der Waals surface area contributed by atoms with Gasteiger partial charge in [0.25, 0.3) is 0 Å². The van der Waals surface area contributed by atoms with Gasteiger partial charge in [0.05, 0.1) is 5.60 Å². The molecule has 0 aromatic heterocycles. The maximum absolute atomic E-state index is 10.2. The van der Waals surface area contributed by atoms with Gasteiger partial charge in [-0.3, -0.25) is 0 Å². The van der Waals surface area contributed by atoms with Crippen molar-refractivity contribution in [2.75, 3.05) is 0 Å². The first kappa shape index (κ1) is 10.6. The summed E-state index contributed by atoms with van der Waals surface area (Å²) in [5, 5.41) is 11.1. The molecular weight excluding hydrogens is 220 g/mol. The van der Waals surface area contributed by atoms with Crippen LogP contribution < -0.4 is 0 Å². The van der Waals surface area contributed by atoms with Crippen LogP contribution in [0.3, 0.4) is 0 Å². The van der Waals surface area contributed by atoms with E-state index < -0.39 is 0 Å². The van der Waals surface area contributed by atoms with E-state index in [1.807, 2.05) is 12.1 Å². The summed E-state index contributed by atoms with van der Waals surface area (Å²) in [5.74, 6) is 0. The molecular formula is C14H17ClO. The lowest BCUT2D eigenvalue weighted by molar-refractivity contribution is -0.0660. The average molecular weight is 237 g/mol. The zero-order valence-electron chi connectivity index (χ0n) is 9.38. The van der Waals surface area contributed by atoms with Crippen LogP contribution in [0.4, 0.5) is 0 Å². The van der Waals surface area contributed by atoms with Crippen molar-refractivity contribution in [3.05, 3.63) is 34.9 Å². The Morgan fingerprint density at radius 1 is 0.938 bits per heavy atom. The van der Waals surface area contributed by atoms with Gasteiger partial charge in [-0.05, 0) is 55.6 Å². The number of halogens is 1. The van der Waals surface area contributed by atoms with Gasteiger partial charge < -0.3 is 5.11 Å². The van der Waals surface area contributed by atoms with Crippen molar-refractivity contribution in [1.82, 2.24) is 0 Å². The van der Waals surface area contributed by atoms with Crippen molar-refractivity contribution in [2.24, 2.45) is 0 Å². The van der Waals surface area contributed by atoms with Crippen molar-refractivity contribution in [3.8, 4) is 0 Å². The third-order valence-electron chi connectivity index (χ3n) is 4.65. The highest BCUT2D eigenvalue weighted by atomic mass is 35.5. The first-order chi connectivity index (χ1) is 7.64. The van der Waals surface area contributed by atoms with Gasteiger partial charge in [0.15, 0.2) is 0 Å². The number of fused-ring (bicyclic) bond motifs is 3. The highest BCUT2D eigenvalue weighted by Crippen LogP contribution is 2.54. The van der Waals surface area contributed by atoms with E-state index in [2.05, 4.69) is 12.1 Å². The van der Waals surface area contributed by atoms with Gasteiger partial charge in [-0.25, -0.2) is 0 Å². The molecule has 3 saturated carbocycles. The summed E-state index contributed by atoms with van der Waals surface area (Å²) in [5.41, 5.74) is 1.20. The molecule has 86 valence electrons. The maximum atomic E-state index is 10.2. The van der Waals surface area contributed by atoms with E-state index in [0.717, 1.165) is 43.5 Å². The van der Waals surface area contributed by atoms with Crippen molar-refractivity contribution in [1.29, 1.82) is 0 Å².